The minimum atomic E-state index is -0.180. The van der Waals surface area contributed by atoms with Crippen LogP contribution in [-0.4, -0.2) is 36.0 Å². The zero-order valence-corrected chi connectivity index (χ0v) is 10.8. The molecule has 1 rings (SSSR count). The van der Waals surface area contributed by atoms with E-state index in [2.05, 4.69) is 28.6 Å². The zero-order chi connectivity index (χ0) is 11.8. The Morgan fingerprint density at radius 1 is 1.38 bits per heavy atom. The van der Waals surface area contributed by atoms with Gasteiger partial charge in [-0.2, -0.15) is 17.3 Å². The molecular formula is C10H22N4OS. The van der Waals surface area contributed by atoms with Gasteiger partial charge >= 0.3 is 0 Å². The van der Waals surface area contributed by atoms with Crippen molar-refractivity contribution in [3.8, 4) is 0 Å². The normalized spacial score (nSPS) is 24.6. The second-order valence-corrected chi connectivity index (χ2v) is 5.16. The first-order valence-electron chi connectivity index (χ1n) is 5.87. The lowest BCUT2D eigenvalue weighted by molar-refractivity contribution is -0.122. The van der Waals surface area contributed by atoms with Gasteiger partial charge in [-0.25, -0.2) is 10.9 Å². The van der Waals surface area contributed by atoms with Crippen LogP contribution in [0, 0.1) is 0 Å². The average molecular weight is 246 g/mol. The van der Waals surface area contributed by atoms with E-state index in [-0.39, 0.29) is 18.0 Å². The SMILES string of the molecule is CCCCSCCNC(=O)C1NNNC1C. The highest BCUT2D eigenvalue weighted by molar-refractivity contribution is 7.99. The lowest BCUT2D eigenvalue weighted by Gasteiger charge is -2.13. The predicted octanol–water partition coefficient (Wildman–Crippen LogP) is 0.00540. The van der Waals surface area contributed by atoms with E-state index in [0.29, 0.717) is 0 Å². The van der Waals surface area contributed by atoms with Crippen LogP contribution >= 0.6 is 11.8 Å². The Kier molecular flexibility index (Phi) is 6.79. The Morgan fingerprint density at radius 3 is 2.81 bits per heavy atom. The van der Waals surface area contributed by atoms with Gasteiger partial charge in [-0.1, -0.05) is 13.3 Å². The van der Waals surface area contributed by atoms with Crippen LogP contribution in [-0.2, 0) is 4.79 Å². The number of thioether (sulfide) groups is 1. The molecule has 4 N–H and O–H groups in total. The van der Waals surface area contributed by atoms with Crippen molar-refractivity contribution < 1.29 is 4.79 Å². The molecule has 0 radical (unpaired) electrons. The lowest BCUT2D eigenvalue weighted by atomic mass is 10.1. The van der Waals surface area contributed by atoms with Crippen molar-refractivity contribution in [2.45, 2.75) is 38.8 Å². The molecule has 1 amide bonds. The third-order valence-corrected chi connectivity index (χ3v) is 3.57. The van der Waals surface area contributed by atoms with Crippen molar-refractivity contribution in [3.63, 3.8) is 0 Å². The molecule has 2 unspecified atom stereocenters. The number of unbranched alkanes of at least 4 members (excludes halogenated alkanes) is 1. The van der Waals surface area contributed by atoms with Crippen LogP contribution in [0.5, 0.6) is 0 Å². The van der Waals surface area contributed by atoms with Crippen LogP contribution in [0.2, 0.25) is 0 Å². The second-order valence-electron chi connectivity index (χ2n) is 3.94. The van der Waals surface area contributed by atoms with Crippen LogP contribution in [0.15, 0.2) is 0 Å². The topological polar surface area (TPSA) is 65.2 Å². The fourth-order valence-electron chi connectivity index (χ4n) is 1.44. The summed E-state index contributed by atoms with van der Waals surface area (Å²) in [6.07, 6.45) is 2.49. The van der Waals surface area contributed by atoms with Gasteiger partial charge in [0.05, 0.1) is 0 Å². The third kappa shape index (κ3) is 4.69. The Labute approximate surface area is 101 Å². The van der Waals surface area contributed by atoms with E-state index >= 15 is 0 Å². The third-order valence-electron chi connectivity index (χ3n) is 2.50. The second kappa shape index (κ2) is 7.89. The van der Waals surface area contributed by atoms with Gasteiger partial charge in [0.1, 0.15) is 6.04 Å². The molecule has 0 aromatic carbocycles. The summed E-state index contributed by atoms with van der Waals surface area (Å²) in [4.78, 5) is 11.7. The molecule has 1 heterocycles. The van der Waals surface area contributed by atoms with E-state index < -0.39 is 0 Å². The zero-order valence-electron chi connectivity index (χ0n) is 10.0. The number of hydrogen-bond acceptors (Lipinski definition) is 5. The summed E-state index contributed by atoms with van der Waals surface area (Å²) in [5.74, 6) is 2.24. The highest BCUT2D eigenvalue weighted by atomic mass is 32.2. The highest BCUT2D eigenvalue weighted by Gasteiger charge is 2.28. The van der Waals surface area contributed by atoms with Crippen molar-refractivity contribution in [2.24, 2.45) is 0 Å². The maximum absolute atomic E-state index is 11.7. The number of hydrazine groups is 2. The van der Waals surface area contributed by atoms with E-state index in [1.54, 1.807) is 0 Å². The fourth-order valence-corrected chi connectivity index (χ4v) is 2.38. The minimum Gasteiger partial charge on any atom is -0.354 e. The molecule has 1 aliphatic heterocycles. The quantitative estimate of drug-likeness (QED) is 0.477. The van der Waals surface area contributed by atoms with E-state index in [9.17, 15) is 4.79 Å². The predicted molar refractivity (Wildman–Crippen MR) is 67.9 cm³/mol. The molecule has 1 fully saturated rings. The molecule has 6 heteroatoms. The summed E-state index contributed by atoms with van der Waals surface area (Å²) < 4.78 is 0. The molecule has 1 saturated heterocycles. The number of nitrogens with one attached hydrogen (secondary N) is 4. The number of rotatable bonds is 7. The Balaban J connectivity index is 2.02. The highest BCUT2D eigenvalue weighted by Crippen LogP contribution is 2.03. The summed E-state index contributed by atoms with van der Waals surface area (Å²) in [7, 11) is 0. The minimum absolute atomic E-state index is 0.0566. The van der Waals surface area contributed by atoms with Crippen LogP contribution < -0.4 is 21.7 Å². The van der Waals surface area contributed by atoms with Crippen LogP contribution in [0.25, 0.3) is 0 Å². The molecular weight excluding hydrogens is 224 g/mol. The Hall–Kier alpha value is -0.300. The van der Waals surface area contributed by atoms with Gasteiger partial charge in [-0.15, -0.1) is 0 Å². The van der Waals surface area contributed by atoms with E-state index in [4.69, 9.17) is 0 Å². The average Bonchev–Trinajstić information content (AvgIpc) is 2.69. The van der Waals surface area contributed by atoms with Gasteiger partial charge < -0.3 is 5.32 Å². The van der Waals surface area contributed by atoms with Crippen molar-refractivity contribution in [3.05, 3.63) is 0 Å². The number of hydrogen-bond donors (Lipinski definition) is 4. The number of carbonyl (C=O) groups excluding carboxylic acids is 1. The van der Waals surface area contributed by atoms with Gasteiger partial charge in [0.2, 0.25) is 5.91 Å². The molecule has 0 aliphatic carbocycles. The Morgan fingerprint density at radius 2 is 2.19 bits per heavy atom. The Bertz CT molecular complexity index is 215. The van der Waals surface area contributed by atoms with Gasteiger partial charge in [0.25, 0.3) is 0 Å². The summed E-state index contributed by atoms with van der Waals surface area (Å²) >= 11 is 1.90. The largest absolute Gasteiger partial charge is 0.354 e. The summed E-state index contributed by atoms with van der Waals surface area (Å²) in [6.45, 7) is 4.90. The van der Waals surface area contributed by atoms with Crippen LogP contribution in [0.4, 0.5) is 0 Å². The molecule has 0 aromatic rings. The lowest BCUT2D eigenvalue weighted by Crippen LogP contribution is -2.47. The summed E-state index contributed by atoms with van der Waals surface area (Å²) in [6, 6.07) is -0.0617. The van der Waals surface area contributed by atoms with Gasteiger partial charge in [-0.3, -0.25) is 4.79 Å². The van der Waals surface area contributed by atoms with E-state index in [1.807, 2.05) is 18.7 Å². The van der Waals surface area contributed by atoms with Crippen LogP contribution in [0.3, 0.4) is 0 Å². The summed E-state index contributed by atoms with van der Waals surface area (Å²) in [5.41, 5.74) is 8.58. The molecule has 0 aromatic heterocycles. The first-order chi connectivity index (χ1) is 7.75. The van der Waals surface area contributed by atoms with E-state index in [1.165, 1.54) is 18.6 Å². The van der Waals surface area contributed by atoms with Gasteiger partial charge in [0.15, 0.2) is 0 Å². The van der Waals surface area contributed by atoms with Crippen molar-refractivity contribution in [1.82, 2.24) is 21.7 Å². The molecule has 2 atom stereocenters. The fraction of sp³-hybridized carbons (Fsp3) is 0.900. The van der Waals surface area contributed by atoms with Crippen LogP contribution in [0.1, 0.15) is 26.7 Å². The van der Waals surface area contributed by atoms with Crippen molar-refractivity contribution >= 4 is 17.7 Å². The number of amides is 1. The number of carbonyl (C=O) groups is 1. The molecule has 1 aliphatic rings. The molecule has 0 spiro atoms. The molecule has 0 saturated carbocycles. The smallest absolute Gasteiger partial charge is 0.240 e. The molecule has 16 heavy (non-hydrogen) atoms. The van der Waals surface area contributed by atoms with Gasteiger partial charge in [0, 0.05) is 18.3 Å². The monoisotopic (exact) mass is 246 g/mol. The maximum atomic E-state index is 11.7. The van der Waals surface area contributed by atoms with E-state index in [0.717, 1.165) is 12.3 Å². The van der Waals surface area contributed by atoms with Crippen molar-refractivity contribution in [1.29, 1.82) is 0 Å². The van der Waals surface area contributed by atoms with Crippen molar-refractivity contribution in [2.75, 3.05) is 18.1 Å². The maximum Gasteiger partial charge on any atom is 0.240 e. The summed E-state index contributed by atoms with van der Waals surface area (Å²) in [5, 5.41) is 2.93. The first-order valence-corrected chi connectivity index (χ1v) is 7.02. The van der Waals surface area contributed by atoms with Gasteiger partial charge in [-0.05, 0) is 19.1 Å². The molecule has 0 bridgehead atoms. The first kappa shape index (κ1) is 13.8. The molecule has 5 nitrogen and oxygen atoms in total. The standard InChI is InChI=1S/C10H22N4OS/c1-3-4-6-16-7-5-11-10(15)9-8(2)12-14-13-9/h8-9,12-14H,3-7H2,1-2H3,(H,11,15). The molecule has 94 valence electrons.